The van der Waals surface area contributed by atoms with E-state index in [1.54, 1.807) is 0 Å². The van der Waals surface area contributed by atoms with Crippen LogP contribution in [0.1, 0.15) is 41.5 Å². The summed E-state index contributed by atoms with van der Waals surface area (Å²) in [5, 5.41) is 4.69. The lowest BCUT2D eigenvalue weighted by atomic mass is 10.2. The summed E-state index contributed by atoms with van der Waals surface area (Å²) in [6.07, 6.45) is 0. The molecule has 8 rings (SSSR count). The van der Waals surface area contributed by atoms with Crippen molar-refractivity contribution >= 4 is 84.4 Å². The Morgan fingerprint density at radius 3 is 0.926 bits per heavy atom. The Morgan fingerprint density at radius 2 is 0.630 bits per heavy atom. The summed E-state index contributed by atoms with van der Waals surface area (Å²) in [6, 6.07) is 56.9. The van der Waals surface area contributed by atoms with Gasteiger partial charge in [0.2, 0.25) is 0 Å². The van der Waals surface area contributed by atoms with E-state index in [0.717, 1.165) is 21.3 Å². The maximum atomic E-state index is 7.80. The average Bonchev–Trinajstić information content (AvgIpc) is 3.83. The molecule has 0 unspecified atom stereocenters. The van der Waals surface area contributed by atoms with Crippen LogP contribution in [-0.2, 0) is 0 Å². The van der Waals surface area contributed by atoms with E-state index in [1.165, 1.54) is 39.0 Å². The van der Waals surface area contributed by atoms with E-state index in [2.05, 4.69) is 199 Å². The molecule has 6 aromatic rings. The van der Waals surface area contributed by atoms with Gasteiger partial charge in [-0.15, -0.1) is 0 Å². The third-order valence-electron chi connectivity index (χ3n) is 10.2. The second kappa shape index (κ2) is 14.9. The van der Waals surface area contributed by atoms with E-state index in [9.17, 15) is 0 Å². The summed E-state index contributed by atoms with van der Waals surface area (Å²) in [4.78, 5) is 4.91. The molecular weight excluding hydrogens is 769 g/mol. The van der Waals surface area contributed by atoms with E-state index in [-0.39, 0.29) is 10.1 Å². The van der Waals surface area contributed by atoms with E-state index >= 15 is 0 Å². The van der Waals surface area contributed by atoms with Crippen LogP contribution in [-0.4, -0.2) is 16.6 Å². The molecule has 272 valence electrons. The lowest BCUT2D eigenvalue weighted by molar-refractivity contribution is 0.478. The number of hydrogen-bond acceptors (Lipinski definition) is 6. The minimum Gasteiger partial charge on any atom is -0.533 e. The van der Waals surface area contributed by atoms with Crippen molar-refractivity contribution in [3.8, 4) is 11.5 Å². The van der Waals surface area contributed by atoms with Crippen LogP contribution in [0.2, 0.25) is 10.1 Å². The van der Waals surface area contributed by atoms with Crippen molar-refractivity contribution in [3.05, 3.63) is 166 Å². The van der Waals surface area contributed by atoms with Gasteiger partial charge < -0.3 is 8.85 Å². The standard InChI is InChI=1S/C46H44O2S4Si2/c1-45(2,3)53(33-21-11-7-12-22-33,34-23-13-8-14-24-34)47-37-31-32-38(42-41(37)51-44(52-42)43-49-39-29-19-20-30-40(39)50-43)48-54(46(4,5)6,35-25-15-9-16-26-35)36-27-17-10-18-28-36/h7-32H,1-6H3. The number of rotatable bonds is 8. The molecule has 0 aromatic heterocycles. The highest BCUT2D eigenvalue weighted by molar-refractivity contribution is 8.30. The van der Waals surface area contributed by atoms with Gasteiger partial charge in [-0.2, -0.15) is 0 Å². The van der Waals surface area contributed by atoms with Crippen molar-refractivity contribution in [3.63, 3.8) is 0 Å². The Balaban J connectivity index is 1.33. The molecule has 0 aliphatic carbocycles. The molecule has 0 atom stereocenters. The quantitative estimate of drug-likeness (QED) is 0.142. The first-order valence-corrected chi connectivity index (χ1v) is 25.4. The second-order valence-corrected chi connectivity index (χ2v) is 28.8. The first kappa shape index (κ1) is 37.4. The minimum atomic E-state index is -2.92. The Labute approximate surface area is 339 Å². The van der Waals surface area contributed by atoms with E-state index in [0.29, 0.717) is 0 Å². The maximum absolute atomic E-state index is 7.80. The van der Waals surface area contributed by atoms with Crippen LogP contribution >= 0.6 is 47.0 Å². The summed E-state index contributed by atoms with van der Waals surface area (Å²) in [6.45, 7) is 14.1. The largest absolute Gasteiger partial charge is 0.533 e. The molecule has 2 nitrogen and oxygen atoms in total. The normalized spacial score (nSPS) is 14.5. The molecular formula is C46H44O2S4Si2. The van der Waals surface area contributed by atoms with Gasteiger partial charge in [0.15, 0.2) is 0 Å². The van der Waals surface area contributed by atoms with Crippen molar-refractivity contribution in [1.29, 1.82) is 0 Å². The number of benzene rings is 6. The maximum Gasteiger partial charge on any atom is 0.320 e. The molecule has 54 heavy (non-hydrogen) atoms. The fourth-order valence-corrected chi connectivity index (χ4v) is 22.1. The van der Waals surface area contributed by atoms with Gasteiger partial charge in [0.25, 0.3) is 0 Å². The highest BCUT2D eigenvalue weighted by Gasteiger charge is 2.54. The third-order valence-corrected chi connectivity index (χ3v) is 25.8. The highest BCUT2D eigenvalue weighted by Crippen LogP contribution is 2.65. The first-order valence-electron chi connectivity index (χ1n) is 18.3. The van der Waals surface area contributed by atoms with Crippen LogP contribution in [0.25, 0.3) is 0 Å². The van der Waals surface area contributed by atoms with Crippen LogP contribution in [0.3, 0.4) is 0 Å². The van der Waals surface area contributed by atoms with Gasteiger partial charge in [0.1, 0.15) is 11.5 Å². The van der Waals surface area contributed by atoms with E-state index < -0.39 is 16.6 Å². The van der Waals surface area contributed by atoms with Gasteiger partial charge in [0.05, 0.1) is 18.3 Å². The Kier molecular flexibility index (Phi) is 10.3. The van der Waals surface area contributed by atoms with Crippen molar-refractivity contribution in [2.45, 2.75) is 71.2 Å². The molecule has 2 aliphatic heterocycles. The van der Waals surface area contributed by atoms with Crippen molar-refractivity contribution < 1.29 is 8.85 Å². The molecule has 0 bridgehead atoms. The molecule has 6 aromatic carbocycles. The van der Waals surface area contributed by atoms with Gasteiger partial charge in [-0.1, -0.05) is 222 Å². The van der Waals surface area contributed by atoms with Gasteiger partial charge >= 0.3 is 16.6 Å². The molecule has 0 amide bonds. The highest BCUT2D eigenvalue weighted by atomic mass is 32.2. The average molecular weight is 813 g/mol. The monoisotopic (exact) mass is 812 g/mol. The summed E-state index contributed by atoms with van der Waals surface area (Å²) >= 11 is 7.44. The van der Waals surface area contributed by atoms with E-state index in [1.807, 2.05) is 47.0 Å². The zero-order chi connectivity index (χ0) is 37.6. The zero-order valence-corrected chi connectivity index (χ0v) is 36.7. The summed E-state index contributed by atoms with van der Waals surface area (Å²) in [5.74, 6) is 1.85. The predicted molar refractivity (Wildman–Crippen MR) is 240 cm³/mol. The minimum absolute atomic E-state index is 0.177. The molecule has 8 heteroatoms. The SMILES string of the molecule is CC(C)(C)[Si](Oc1ccc(O[Si](c2ccccc2)(c2ccccc2)C(C)(C)C)c2c1SC(=C1Sc3ccccc3S1)S2)(c1ccccc1)c1ccccc1. The van der Waals surface area contributed by atoms with Gasteiger partial charge in [-0.3, -0.25) is 0 Å². The third kappa shape index (κ3) is 6.63. The predicted octanol–water partition coefficient (Wildman–Crippen LogP) is 11.8. The molecule has 2 heterocycles. The smallest absolute Gasteiger partial charge is 0.320 e. The number of hydrogen-bond donors (Lipinski definition) is 0. The summed E-state index contributed by atoms with van der Waals surface area (Å²) in [5.41, 5.74) is 0. The molecule has 0 fully saturated rings. The van der Waals surface area contributed by atoms with Crippen molar-refractivity contribution in [2.75, 3.05) is 0 Å². The van der Waals surface area contributed by atoms with Gasteiger partial charge in [-0.05, 0) is 55.1 Å². The number of fused-ring (bicyclic) bond motifs is 2. The fraction of sp³-hybridized carbons (Fsp3) is 0.174. The summed E-state index contributed by atoms with van der Waals surface area (Å²) < 4.78 is 18.2. The molecule has 2 aliphatic rings. The second-order valence-electron chi connectivity index (χ2n) is 15.7. The lowest BCUT2D eigenvalue weighted by Crippen LogP contribution is -2.69. The molecule has 0 saturated heterocycles. The van der Waals surface area contributed by atoms with Crippen LogP contribution in [0.4, 0.5) is 0 Å². The van der Waals surface area contributed by atoms with Crippen LogP contribution in [0, 0.1) is 0 Å². The van der Waals surface area contributed by atoms with Crippen LogP contribution < -0.4 is 29.6 Å². The van der Waals surface area contributed by atoms with Gasteiger partial charge in [0, 0.05) is 9.79 Å². The Morgan fingerprint density at radius 1 is 0.352 bits per heavy atom. The van der Waals surface area contributed by atoms with E-state index in [4.69, 9.17) is 8.85 Å². The molecule has 0 N–H and O–H groups in total. The van der Waals surface area contributed by atoms with Crippen LogP contribution in [0.5, 0.6) is 11.5 Å². The Bertz CT molecular complexity index is 2060. The van der Waals surface area contributed by atoms with Gasteiger partial charge in [-0.25, -0.2) is 0 Å². The first-order chi connectivity index (χ1) is 26.0. The zero-order valence-electron chi connectivity index (χ0n) is 31.5. The summed E-state index contributed by atoms with van der Waals surface area (Å²) in [7, 11) is -5.84. The lowest BCUT2D eigenvalue weighted by Gasteiger charge is -2.44. The topological polar surface area (TPSA) is 18.5 Å². The molecule has 0 spiro atoms. The van der Waals surface area contributed by atoms with Crippen molar-refractivity contribution in [1.82, 2.24) is 0 Å². The van der Waals surface area contributed by atoms with Crippen molar-refractivity contribution in [2.24, 2.45) is 0 Å². The molecule has 0 radical (unpaired) electrons. The Hall–Kier alpha value is -3.51. The fourth-order valence-electron chi connectivity index (χ4n) is 7.72. The number of thioether (sulfide) groups is 4. The van der Waals surface area contributed by atoms with Crippen LogP contribution in [0.15, 0.2) is 186 Å². The molecule has 0 saturated carbocycles.